The van der Waals surface area contributed by atoms with Crippen molar-refractivity contribution in [3.05, 3.63) is 76.5 Å². The Morgan fingerprint density at radius 1 is 0.812 bits per heavy atom. The summed E-state index contributed by atoms with van der Waals surface area (Å²) < 4.78 is 24.2. The third-order valence-corrected chi connectivity index (χ3v) is 11.9. The van der Waals surface area contributed by atoms with Gasteiger partial charge in [-0.15, -0.1) is 0 Å². The largest absolute Gasteiger partial charge is 0.490 e. The Kier molecular flexibility index (Phi) is 13.5. The number of ether oxygens (including phenoxy) is 3. The molecule has 2 aliphatic heterocycles. The van der Waals surface area contributed by atoms with E-state index in [9.17, 15) is 24.0 Å². The molecule has 0 saturated carbocycles. The number of carbonyl (C=O) groups excluding carboxylic acids is 5. The van der Waals surface area contributed by atoms with Crippen LogP contribution in [0.4, 0.5) is 22.4 Å². The van der Waals surface area contributed by atoms with Crippen molar-refractivity contribution in [2.75, 3.05) is 42.3 Å². The number of nitrogens with one attached hydrogen (secondary N) is 3. The van der Waals surface area contributed by atoms with Gasteiger partial charge in [-0.1, -0.05) is 12.2 Å². The van der Waals surface area contributed by atoms with E-state index in [0.717, 1.165) is 12.8 Å². The molecule has 2 unspecified atom stereocenters. The van der Waals surface area contributed by atoms with Crippen LogP contribution in [0.2, 0.25) is 0 Å². The Bertz CT molecular complexity index is 2990. The maximum absolute atomic E-state index is 14.5. The average Bonchev–Trinajstić information content (AvgIpc) is 4.07. The Balaban J connectivity index is 1.16. The minimum atomic E-state index is -0.811. The number of primary amides is 2. The summed E-state index contributed by atoms with van der Waals surface area (Å²) in [6, 6.07) is 6.86. The first kappa shape index (κ1) is 47.8. The van der Waals surface area contributed by atoms with E-state index in [4.69, 9.17) is 30.7 Å². The molecule has 23 nitrogen and oxygen atoms in total. The maximum Gasteiger partial charge on any atom is 0.412 e. The summed E-state index contributed by atoms with van der Waals surface area (Å²) in [7, 11) is 0. The lowest BCUT2D eigenvalue weighted by atomic mass is 10.1. The molecule has 2 aliphatic rings. The lowest BCUT2D eigenvalue weighted by Gasteiger charge is -2.34. The first-order chi connectivity index (χ1) is 32.9. The van der Waals surface area contributed by atoms with Gasteiger partial charge in [-0.2, -0.15) is 10.2 Å². The van der Waals surface area contributed by atoms with Crippen LogP contribution in [0.5, 0.6) is 5.75 Å². The molecule has 6 aromatic rings. The average molecular weight is 948 g/mol. The molecule has 364 valence electrons. The van der Waals surface area contributed by atoms with E-state index in [1.54, 1.807) is 60.6 Å². The highest BCUT2D eigenvalue weighted by Crippen LogP contribution is 2.33. The molecule has 0 aliphatic carbocycles. The van der Waals surface area contributed by atoms with Crippen LogP contribution in [0.15, 0.2) is 42.6 Å². The third kappa shape index (κ3) is 10.1. The summed E-state index contributed by atoms with van der Waals surface area (Å²) in [5.41, 5.74) is 13.9. The fraction of sp³-hybridized carbons (Fsp3) is 0.435. The number of pyridine rings is 1. The van der Waals surface area contributed by atoms with Gasteiger partial charge in [0, 0.05) is 56.6 Å². The highest BCUT2D eigenvalue weighted by atomic mass is 16.6. The van der Waals surface area contributed by atoms with Crippen LogP contribution in [-0.4, -0.2) is 122 Å². The number of aryl methyl sites for hydroxylation is 4. The van der Waals surface area contributed by atoms with Gasteiger partial charge in [0.2, 0.25) is 23.7 Å². The number of hydrogen-bond donors (Lipinski definition) is 5. The molecule has 2 saturated heterocycles. The zero-order valence-corrected chi connectivity index (χ0v) is 39.7. The molecule has 1 aromatic carbocycles. The van der Waals surface area contributed by atoms with Gasteiger partial charge in [0.05, 0.1) is 41.4 Å². The standard InChI is InChI=1S/C46H57N15O8/c1-8-60-33(18-25(3)55-60)41(64)53-44-51-32-20-28(39(48)63)22-49-40(32)59(44)15-11-10-14-58-36-31(19-27(38(47)62)21-34(36)68-17-16-57-29-12-13-30(57)24-67-23-29)50-43(58)54-42(65)37-35(26(4)56-61(37)9-2)52-45(66)69-46(5,6)7/h10-11,18-22,29-30H,8-9,12-17,23-24H2,1-7H3,(H2,47,62)(H2,48,63)(H,52,66)(H,50,54,65)(H,51,53,64)/b11-10+. The number of fused-ring (bicyclic) bond motifs is 4. The van der Waals surface area contributed by atoms with Crippen LogP contribution in [0.3, 0.4) is 0 Å². The molecule has 23 heteroatoms. The van der Waals surface area contributed by atoms with Gasteiger partial charge < -0.3 is 30.2 Å². The van der Waals surface area contributed by atoms with E-state index in [-0.39, 0.29) is 60.6 Å². The van der Waals surface area contributed by atoms with Gasteiger partial charge in [-0.25, -0.2) is 19.7 Å². The minimum absolute atomic E-state index is 0.0511. The molecule has 7 N–H and O–H groups in total. The Labute approximate surface area is 396 Å². The van der Waals surface area contributed by atoms with Crippen LogP contribution >= 0.6 is 0 Å². The van der Waals surface area contributed by atoms with Crippen molar-refractivity contribution in [1.82, 2.24) is 48.5 Å². The van der Waals surface area contributed by atoms with E-state index in [1.165, 1.54) is 23.0 Å². The van der Waals surface area contributed by atoms with Gasteiger partial charge in [0.1, 0.15) is 34.7 Å². The summed E-state index contributed by atoms with van der Waals surface area (Å²) >= 11 is 0. The molecule has 0 spiro atoms. The summed E-state index contributed by atoms with van der Waals surface area (Å²) in [6.07, 6.45) is 6.27. The predicted molar refractivity (Wildman–Crippen MR) is 254 cm³/mol. The number of imidazole rings is 2. The molecular weight excluding hydrogens is 891 g/mol. The predicted octanol–water partition coefficient (Wildman–Crippen LogP) is 4.38. The number of hydrogen-bond acceptors (Lipinski definition) is 14. The highest BCUT2D eigenvalue weighted by molar-refractivity contribution is 6.09. The molecule has 5 amide bonds. The van der Waals surface area contributed by atoms with Crippen molar-refractivity contribution >= 4 is 69.5 Å². The molecule has 69 heavy (non-hydrogen) atoms. The fourth-order valence-corrected chi connectivity index (χ4v) is 8.76. The quantitative estimate of drug-likeness (QED) is 0.0794. The Morgan fingerprint density at radius 2 is 1.45 bits per heavy atom. The van der Waals surface area contributed by atoms with Crippen molar-refractivity contribution in [3.63, 3.8) is 0 Å². The van der Waals surface area contributed by atoms with Gasteiger partial charge >= 0.3 is 6.09 Å². The third-order valence-electron chi connectivity index (χ3n) is 11.9. The number of benzene rings is 1. The summed E-state index contributed by atoms with van der Waals surface area (Å²) in [5, 5.41) is 17.4. The summed E-state index contributed by atoms with van der Waals surface area (Å²) in [4.78, 5) is 82.3. The van der Waals surface area contributed by atoms with E-state index >= 15 is 0 Å². The fourth-order valence-electron chi connectivity index (χ4n) is 8.76. The summed E-state index contributed by atoms with van der Waals surface area (Å²) in [6.45, 7) is 15.5. The van der Waals surface area contributed by atoms with Crippen molar-refractivity contribution < 1.29 is 38.2 Å². The smallest absolute Gasteiger partial charge is 0.412 e. The zero-order valence-electron chi connectivity index (χ0n) is 39.7. The van der Waals surface area contributed by atoms with Crippen LogP contribution < -0.4 is 32.2 Å². The molecule has 2 bridgehead atoms. The molecule has 2 fully saturated rings. The lowest BCUT2D eigenvalue weighted by molar-refractivity contribution is -0.0190. The number of nitrogens with two attached hydrogens (primary N) is 2. The van der Waals surface area contributed by atoms with E-state index in [0.29, 0.717) is 83.4 Å². The number of amides is 5. The SMILES string of the molecule is CCn1nc(C)cc1C(=O)Nc1nc2cc(C(N)=O)cnc2n1C/C=C/Cn1c(NC(=O)c2c(NC(=O)OC(C)(C)C)c(C)nn2CC)nc2cc(C(N)=O)cc(OCCN3C4CCC3COC4)c21. The van der Waals surface area contributed by atoms with Crippen LogP contribution in [0.25, 0.3) is 22.2 Å². The van der Waals surface area contributed by atoms with Gasteiger partial charge in [0.25, 0.3) is 11.8 Å². The molecule has 2 atom stereocenters. The lowest BCUT2D eigenvalue weighted by Crippen LogP contribution is -2.47. The van der Waals surface area contributed by atoms with Crippen LogP contribution in [0, 0.1) is 13.8 Å². The van der Waals surface area contributed by atoms with Crippen molar-refractivity contribution in [2.45, 2.75) is 105 Å². The second kappa shape index (κ2) is 19.5. The van der Waals surface area contributed by atoms with E-state index < -0.39 is 35.3 Å². The summed E-state index contributed by atoms with van der Waals surface area (Å²) in [5.74, 6) is -1.94. The molecule has 7 heterocycles. The molecule has 5 aromatic heterocycles. The first-order valence-electron chi connectivity index (χ1n) is 22.8. The van der Waals surface area contributed by atoms with Gasteiger partial charge in [0.15, 0.2) is 11.3 Å². The van der Waals surface area contributed by atoms with Crippen molar-refractivity contribution in [2.24, 2.45) is 11.5 Å². The topological polar surface area (TPSA) is 289 Å². The highest BCUT2D eigenvalue weighted by Gasteiger charge is 2.37. The van der Waals surface area contributed by atoms with Crippen molar-refractivity contribution in [3.8, 4) is 5.75 Å². The zero-order chi connectivity index (χ0) is 49.3. The Hall–Kier alpha value is -7.66. The number of morpholine rings is 1. The maximum atomic E-state index is 14.5. The normalized spacial score (nSPS) is 16.1. The number of nitrogens with zero attached hydrogens (tertiary/aromatic N) is 10. The van der Waals surface area contributed by atoms with Crippen LogP contribution in [-0.2, 0) is 35.7 Å². The molecular formula is C46H57N15O8. The van der Waals surface area contributed by atoms with Gasteiger partial charge in [-0.3, -0.25) is 54.0 Å². The number of allylic oxidation sites excluding steroid dienone is 2. The van der Waals surface area contributed by atoms with Crippen LogP contribution in [0.1, 0.15) is 101 Å². The number of carbonyl (C=O) groups is 5. The van der Waals surface area contributed by atoms with E-state index in [1.807, 2.05) is 26.0 Å². The van der Waals surface area contributed by atoms with Crippen molar-refractivity contribution in [1.29, 1.82) is 0 Å². The van der Waals surface area contributed by atoms with E-state index in [2.05, 4.69) is 41.0 Å². The number of rotatable bonds is 17. The second-order valence-corrected chi connectivity index (χ2v) is 17.9. The number of aromatic nitrogens is 9. The molecule has 0 radical (unpaired) electrons. The minimum Gasteiger partial charge on any atom is -0.490 e. The number of anilines is 3. The first-order valence-corrected chi connectivity index (χ1v) is 22.8. The molecule has 8 rings (SSSR count). The monoisotopic (exact) mass is 947 g/mol. The second-order valence-electron chi connectivity index (χ2n) is 17.9. The Morgan fingerprint density at radius 3 is 2.12 bits per heavy atom. The van der Waals surface area contributed by atoms with Gasteiger partial charge in [-0.05, 0) is 85.6 Å².